The molecule has 0 aliphatic carbocycles. The second-order valence-corrected chi connectivity index (χ2v) is 6.34. The van der Waals surface area contributed by atoms with E-state index in [0.717, 1.165) is 16.7 Å². The number of aryl methyl sites for hydroxylation is 1. The molecule has 4 nitrogen and oxygen atoms in total. The maximum atomic E-state index is 13.4. The Morgan fingerprint density at radius 1 is 1.16 bits per heavy atom. The number of aromatic nitrogens is 1. The van der Waals surface area contributed by atoms with Crippen molar-refractivity contribution >= 4 is 16.9 Å². The molecule has 1 aliphatic heterocycles. The second kappa shape index (κ2) is 5.65. The van der Waals surface area contributed by atoms with Gasteiger partial charge in [-0.1, -0.05) is 24.3 Å². The van der Waals surface area contributed by atoms with Crippen molar-refractivity contribution in [2.75, 3.05) is 18.0 Å². The van der Waals surface area contributed by atoms with Crippen molar-refractivity contribution in [3.8, 4) is 11.1 Å². The van der Waals surface area contributed by atoms with E-state index in [9.17, 15) is 13.6 Å². The van der Waals surface area contributed by atoms with E-state index in [-0.39, 0.29) is 25.2 Å². The molecule has 3 aromatic rings. The fourth-order valence-electron chi connectivity index (χ4n) is 3.24. The molecule has 0 radical (unpaired) electrons. The van der Waals surface area contributed by atoms with Crippen LogP contribution in [0, 0.1) is 6.92 Å². The summed E-state index contributed by atoms with van der Waals surface area (Å²) in [6.07, 6.45) is -0.195. The SMILES string of the molecule is Cc1ccccc1-c1cc(=O)oc2nc(N3CCC(F)(F)C3)ccc12. The minimum absolute atomic E-state index is 0.165. The number of anilines is 1. The van der Waals surface area contributed by atoms with Gasteiger partial charge in [0.25, 0.3) is 5.92 Å². The first-order chi connectivity index (χ1) is 11.9. The highest BCUT2D eigenvalue weighted by atomic mass is 19.3. The number of alkyl halides is 2. The van der Waals surface area contributed by atoms with Gasteiger partial charge in [0.1, 0.15) is 5.82 Å². The molecule has 0 N–H and O–H groups in total. The summed E-state index contributed by atoms with van der Waals surface area (Å²) in [5, 5.41) is 0.684. The third kappa shape index (κ3) is 2.88. The molecule has 1 aromatic carbocycles. The summed E-state index contributed by atoms with van der Waals surface area (Å²) in [6.45, 7) is 1.82. The number of rotatable bonds is 2. The first kappa shape index (κ1) is 15.7. The van der Waals surface area contributed by atoms with Gasteiger partial charge < -0.3 is 9.32 Å². The Kier molecular flexibility index (Phi) is 3.56. The van der Waals surface area contributed by atoms with Gasteiger partial charge >= 0.3 is 5.63 Å². The summed E-state index contributed by atoms with van der Waals surface area (Å²) >= 11 is 0. The third-order valence-corrected chi connectivity index (χ3v) is 4.52. The van der Waals surface area contributed by atoms with Crippen LogP contribution in [-0.4, -0.2) is 24.0 Å². The van der Waals surface area contributed by atoms with Crippen LogP contribution in [-0.2, 0) is 0 Å². The lowest BCUT2D eigenvalue weighted by molar-refractivity contribution is 0.0256. The molecule has 0 saturated carbocycles. The lowest BCUT2D eigenvalue weighted by Gasteiger charge is -2.17. The van der Waals surface area contributed by atoms with Crippen LogP contribution < -0.4 is 10.5 Å². The lowest BCUT2D eigenvalue weighted by atomic mass is 9.99. The van der Waals surface area contributed by atoms with Crippen LogP contribution in [0.25, 0.3) is 22.2 Å². The van der Waals surface area contributed by atoms with Gasteiger partial charge in [-0.15, -0.1) is 0 Å². The molecule has 0 bridgehead atoms. The molecular formula is C19H16F2N2O2. The number of pyridine rings is 1. The summed E-state index contributed by atoms with van der Waals surface area (Å²) in [5.74, 6) is -2.31. The van der Waals surface area contributed by atoms with E-state index in [1.165, 1.54) is 11.0 Å². The number of nitrogens with zero attached hydrogens (tertiary/aromatic N) is 2. The van der Waals surface area contributed by atoms with Crippen molar-refractivity contribution in [1.29, 1.82) is 0 Å². The minimum Gasteiger partial charge on any atom is -0.404 e. The molecule has 1 saturated heterocycles. The van der Waals surface area contributed by atoms with Crippen LogP contribution in [0.5, 0.6) is 0 Å². The van der Waals surface area contributed by atoms with E-state index in [0.29, 0.717) is 11.2 Å². The van der Waals surface area contributed by atoms with Crippen LogP contribution in [0.2, 0.25) is 0 Å². The quantitative estimate of drug-likeness (QED) is 0.706. The zero-order chi connectivity index (χ0) is 17.6. The predicted molar refractivity (Wildman–Crippen MR) is 92.2 cm³/mol. The van der Waals surface area contributed by atoms with Crippen LogP contribution in [0.3, 0.4) is 0 Å². The maximum Gasteiger partial charge on any atom is 0.338 e. The van der Waals surface area contributed by atoms with Crippen molar-refractivity contribution in [3.05, 3.63) is 58.4 Å². The zero-order valence-electron chi connectivity index (χ0n) is 13.6. The lowest BCUT2D eigenvalue weighted by Crippen LogP contribution is -2.25. The van der Waals surface area contributed by atoms with Gasteiger partial charge in [-0.3, -0.25) is 0 Å². The van der Waals surface area contributed by atoms with E-state index in [1.54, 1.807) is 12.1 Å². The van der Waals surface area contributed by atoms with Crippen molar-refractivity contribution in [2.24, 2.45) is 0 Å². The fraction of sp³-hybridized carbons (Fsp3) is 0.263. The van der Waals surface area contributed by atoms with Crippen molar-refractivity contribution in [3.63, 3.8) is 0 Å². The molecule has 0 unspecified atom stereocenters. The highest BCUT2D eigenvalue weighted by Crippen LogP contribution is 2.33. The normalized spacial score (nSPS) is 16.5. The molecular weight excluding hydrogens is 326 g/mol. The molecule has 0 spiro atoms. The summed E-state index contributed by atoms with van der Waals surface area (Å²) in [7, 11) is 0. The van der Waals surface area contributed by atoms with Gasteiger partial charge in [-0.05, 0) is 30.2 Å². The van der Waals surface area contributed by atoms with Crippen LogP contribution in [0.4, 0.5) is 14.6 Å². The summed E-state index contributed by atoms with van der Waals surface area (Å²) < 4.78 is 32.1. The Labute approximate surface area is 142 Å². The van der Waals surface area contributed by atoms with Crippen molar-refractivity contribution in [1.82, 2.24) is 4.98 Å². The molecule has 25 heavy (non-hydrogen) atoms. The Morgan fingerprint density at radius 3 is 2.68 bits per heavy atom. The monoisotopic (exact) mass is 342 g/mol. The molecule has 4 rings (SSSR count). The average Bonchev–Trinajstić information content (AvgIpc) is 2.94. The van der Waals surface area contributed by atoms with Crippen molar-refractivity contribution < 1.29 is 13.2 Å². The molecule has 1 aliphatic rings. The van der Waals surface area contributed by atoms with Gasteiger partial charge in [-0.25, -0.2) is 13.6 Å². The third-order valence-electron chi connectivity index (χ3n) is 4.52. The number of hydrogen-bond acceptors (Lipinski definition) is 4. The Balaban J connectivity index is 1.85. The molecule has 6 heteroatoms. The molecule has 0 amide bonds. The van der Waals surface area contributed by atoms with Crippen LogP contribution >= 0.6 is 0 Å². The second-order valence-electron chi connectivity index (χ2n) is 6.34. The predicted octanol–water partition coefficient (Wildman–Crippen LogP) is 4.01. The Hall–Kier alpha value is -2.76. The summed E-state index contributed by atoms with van der Waals surface area (Å²) in [4.78, 5) is 17.8. The first-order valence-electron chi connectivity index (χ1n) is 8.07. The van der Waals surface area contributed by atoms with Crippen molar-refractivity contribution in [2.45, 2.75) is 19.3 Å². The van der Waals surface area contributed by atoms with Gasteiger partial charge in [0.2, 0.25) is 5.71 Å². The Bertz CT molecular complexity index is 1010. The van der Waals surface area contributed by atoms with Gasteiger partial charge in [0, 0.05) is 30.0 Å². The van der Waals surface area contributed by atoms with E-state index in [4.69, 9.17) is 4.42 Å². The van der Waals surface area contributed by atoms with Crippen LogP contribution in [0.15, 0.2) is 51.7 Å². The number of fused-ring (bicyclic) bond motifs is 1. The molecule has 2 aromatic heterocycles. The topological polar surface area (TPSA) is 46.3 Å². The minimum atomic E-state index is -2.71. The molecule has 0 atom stereocenters. The zero-order valence-corrected chi connectivity index (χ0v) is 13.6. The summed E-state index contributed by atoms with van der Waals surface area (Å²) in [6, 6.07) is 12.6. The standard InChI is InChI=1S/C19H16F2N2O2/c1-12-4-2-3-5-13(12)15-10-17(24)25-18-14(15)6-7-16(22-18)23-9-8-19(20,21)11-23/h2-7,10H,8-9,11H2,1H3. The average molecular weight is 342 g/mol. The number of halogens is 2. The largest absolute Gasteiger partial charge is 0.404 e. The molecule has 3 heterocycles. The van der Waals surface area contributed by atoms with Crippen LogP contribution in [0.1, 0.15) is 12.0 Å². The highest BCUT2D eigenvalue weighted by molar-refractivity contribution is 5.92. The maximum absolute atomic E-state index is 13.4. The molecule has 128 valence electrons. The number of hydrogen-bond donors (Lipinski definition) is 0. The molecule has 1 fully saturated rings. The van der Waals surface area contributed by atoms with E-state index < -0.39 is 11.5 Å². The van der Waals surface area contributed by atoms with Gasteiger partial charge in [0.05, 0.1) is 6.54 Å². The first-order valence-corrected chi connectivity index (χ1v) is 8.07. The Morgan fingerprint density at radius 2 is 1.96 bits per heavy atom. The van der Waals surface area contributed by atoms with Gasteiger partial charge in [-0.2, -0.15) is 4.98 Å². The van der Waals surface area contributed by atoms with Gasteiger partial charge in [0.15, 0.2) is 0 Å². The van der Waals surface area contributed by atoms with E-state index in [1.807, 2.05) is 31.2 Å². The van der Waals surface area contributed by atoms with E-state index in [2.05, 4.69) is 4.98 Å². The fourth-order valence-corrected chi connectivity index (χ4v) is 3.24. The summed E-state index contributed by atoms with van der Waals surface area (Å²) in [5.41, 5.74) is 2.33. The smallest absolute Gasteiger partial charge is 0.338 e. The highest BCUT2D eigenvalue weighted by Gasteiger charge is 2.38. The number of benzene rings is 1. The van der Waals surface area contributed by atoms with E-state index >= 15 is 0 Å².